The molecule has 0 saturated carbocycles. The first-order chi connectivity index (χ1) is 7.66. The highest BCUT2D eigenvalue weighted by atomic mass is 16.5. The third kappa shape index (κ3) is 2.25. The summed E-state index contributed by atoms with van der Waals surface area (Å²) in [7, 11) is 0. The summed E-state index contributed by atoms with van der Waals surface area (Å²) >= 11 is 0. The van der Waals surface area contributed by atoms with Crippen molar-refractivity contribution < 1.29 is 14.6 Å². The van der Waals surface area contributed by atoms with Crippen molar-refractivity contribution in [2.45, 2.75) is 12.5 Å². The van der Waals surface area contributed by atoms with Crippen LogP contribution in [-0.4, -0.2) is 30.3 Å². The van der Waals surface area contributed by atoms with E-state index < -0.39 is 5.97 Å². The molecule has 86 valence electrons. The van der Waals surface area contributed by atoms with Crippen molar-refractivity contribution in [3.63, 3.8) is 0 Å². The molecule has 1 fully saturated rings. The number of nitrogens with one attached hydrogen (secondary N) is 1. The standard InChI is InChI=1S/C11H14N2O3/c12-9-2-1-7(11(14)15)5-10(9)13-8-3-4-16-6-8/h1-2,5,8,13H,3-4,6,12H2,(H,14,15)/t8-/m1/s1. The minimum atomic E-state index is -0.953. The van der Waals surface area contributed by atoms with Gasteiger partial charge < -0.3 is 20.9 Å². The normalized spacial score (nSPS) is 19.6. The first-order valence-corrected chi connectivity index (χ1v) is 5.14. The Balaban J connectivity index is 2.17. The molecule has 4 N–H and O–H groups in total. The van der Waals surface area contributed by atoms with Crippen molar-refractivity contribution in [2.75, 3.05) is 24.3 Å². The zero-order chi connectivity index (χ0) is 11.5. The lowest BCUT2D eigenvalue weighted by Gasteiger charge is -2.14. The quantitative estimate of drug-likeness (QED) is 0.668. The molecule has 16 heavy (non-hydrogen) atoms. The molecular formula is C11H14N2O3. The number of anilines is 2. The van der Waals surface area contributed by atoms with E-state index in [-0.39, 0.29) is 11.6 Å². The summed E-state index contributed by atoms with van der Waals surface area (Å²) in [5.41, 5.74) is 7.22. The Kier molecular flexibility index (Phi) is 2.96. The van der Waals surface area contributed by atoms with Crippen LogP contribution in [0.3, 0.4) is 0 Å². The van der Waals surface area contributed by atoms with Gasteiger partial charge in [-0.15, -0.1) is 0 Å². The van der Waals surface area contributed by atoms with Crippen LogP contribution in [0.25, 0.3) is 0 Å². The van der Waals surface area contributed by atoms with Gasteiger partial charge in [0, 0.05) is 6.61 Å². The van der Waals surface area contributed by atoms with Crippen LogP contribution in [0.1, 0.15) is 16.8 Å². The summed E-state index contributed by atoms with van der Waals surface area (Å²) in [4.78, 5) is 10.8. The number of rotatable bonds is 3. The van der Waals surface area contributed by atoms with E-state index in [1.54, 1.807) is 12.1 Å². The second-order valence-electron chi connectivity index (χ2n) is 3.81. The lowest BCUT2D eigenvalue weighted by molar-refractivity contribution is 0.0697. The highest BCUT2D eigenvalue weighted by Crippen LogP contribution is 2.22. The molecular weight excluding hydrogens is 208 g/mol. The zero-order valence-corrected chi connectivity index (χ0v) is 8.77. The van der Waals surface area contributed by atoms with Gasteiger partial charge in [-0.3, -0.25) is 0 Å². The van der Waals surface area contributed by atoms with Crippen LogP contribution < -0.4 is 11.1 Å². The topological polar surface area (TPSA) is 84.6 Å². The van der Waals surface area contributed by atoms with Gasteiger partial charge in [0.2, 0.25) is 0 Å². The van der Waals surface area contributed by atoms with E-state index in [4.69, 9.17) is 15.6 Å². The Morgan fingerprint density at radius 3 is 3.00 bits per heavy atom. The molecule has 1 aromatic rings. The SMILES string of the molecule is Nc1ccc(C(=O)O)cc1N[C@@H]1CCOC1. The van der Waals surface area contributed by atoms with E-state index in [1.165, 1.54) is 6.07 Å². The van der Waals surface area contributed by atoms with Gasteiger partial charge in [0.15, 0.2) is 0 Å². The third-order valence-electron chi connectivity index (χ3n) is 2.59. The van der Waals surface area contributed by atoms with Gasteiger partial charge in [-0.1, -0.05) is 0 Å². The number of carboxylic acids is 1. The number of hydrogen-bond donors (Lipinski definition) is 3. The maximum absolute atomic E-state index is 10.8. The first-order valence-electron chi connectivity index (χ1n) is 5.14. The van der Waals surface area contributed by atoms with Gasteiger partial charge in [-0.25, -0.2) is 4.79 Å². The fourth-order valence-electron chi connectivity index (χ4n) is 1.68. The van der Waals surface area contributed by atoms with E-state index in [0.717, 1.165) is 13.0 Å². The monoisotopic (exact) mass is 222 g/mol. The smallest absolute Gasteiger partial charge is 0.335 e. The lowest BCUT2D eigenvalue weighted by Crippen LogP contribution is -2.20. The molecule has 2 rings (SSSR count). The number of carbonyl (C=O) groups is 1. The Labute approximate surface area is 93.2 Å². The lowest BCUT2D eigenvalue weighted by atomic mass is 10.1. The van der Waals surface area contributed by atoms with Gasteiger partial charge in [0.05, 0.1) is 29.6 Å². The molecule has 1 aliphatic heterocycles. The molecule has 0 aliphatic carbocycles. The summed E-state index contributed by atoms with van der Waals surface area (Å²) in [5, 5.41) is 12.1. The molecule has 0 aromatic heterocycles. The number of ether oxygens (including phenoxy) is 1. The first kappa shape index (κ1) is 10.8. The fourth-order valence-corrected chi connectivity index (χ4v) is 1.68. The molecule has 0 radical (unpaired) electrons. The number of carboxylic acid groups (broad SMARTS) is 1. The van der Waals surface area contributed by atoms with Crippen molar-refractivity contribution >= 4 is 17.3 Å². The summed E-state index contributed by atoms with van der Waals surface area (Å²) in [6.45, 7) is 1.37. The Hall–Kier alpha value is -1.75. The fraction of sp³-hybridized carbons (Fsp3) is 0.364. The minimum absolute atomic E-state index is 0.214. The van der Waals surface area contributed by atoms with Crippen LogP contribution in [0.15, 0.2) is 18.2 Å². The van der Waals surface area contributed by atoms with E-state index in [9.17, 15) is 4.79 Å². The van der Waals surface area contributed by atoms with Gasteiger partial charge in [-0.05, 0) is 24.6 Å². The van der Waals surface area contributed by atoms with Gasteiger partial charge in [-0.2, -0.15) is 0 Å². The van der Waals surface area contributed by atoms with E-state index in [1.807, 2.05) is 0 Å². The predicted octanol–water partition coefficient (Wildman–Crippen LogP) is 1.17. The molecule has 1 saturated heterocycles. The maximum Gasteiger partial charge on any atom is 0.335 e. The molecule has 5 nitrogen and oxygen atoms in total. The summed E-state index contributed by atoms with van der Waals surface area (Å²) in [5.74, 6) is -0.953. The van der Waals surface area contributed by atoms with Crippen LogP contribution >= 0.6 is 0 Å². The van der Waals surface area contributed by atoms with Crippen molar-refractivity contribution in [1.29, 1.82) is 0 Å². The highest BCUT2D eigenvalue weighted by Gasteiger charge is 2.16. The maximum atomic E-state index is 10.8. The van der Waals surface area contributed by atoms with Gasteiger partial charge in [0.25, 0.3) is 0 Å². The molecule has 1 aliphatic rings. The van der Waals surface area contributed by atoms with Crippen LogP contribution in [0.2, 0.25) is 0 Å². The average Bonchev–Trinajstić information content (AvgIpc) is 2.73. The number of aromatic carboxylic acids is 1. The van der Waals surface area contributed by atoms with Crippen LogP contribution in [-0.2, 0) is 4.74 Å². The summed E-state index contributed by atoms with van der Waals surface area (Å²) < 4.78 is 5.23. The van der Waals surface area contributed by atoms with E-state index >= 15 is 0 Å². The average molecular weight is 222 g/mol. The molecule has 1 atom stereocenters. The largest absolute Gasteiger partial charge is 0.478 e. The van der Waals surface area contributed by atoms with Crippen molar-refractivity contribution in [2.24, 2.45) is 0 Å². The van der Waals surface area contributed by atoms with Crippen molar-refractivity contribution in [1.82, 2.24) is 0 Å². The molecule has 0 unspecified atom stereocenters. The Morgan fingerprint density at radius 2 is 2.38 bits per heavy atom. The molecule has 1 heterocycles. The summed E-state index contributed by atoms with van der Waals surface area (Å²) in [6.07, 6.45) is 0.913. The minimum Gasteiger partial charge on any atom is -0.478 e. The second-order valence-corrected chi connectivity index (χ2v) is 3.81. The summed E-state index contributed by atoms with van der Waals surface area (Å²) in [6, 6.07) is 4.86. The number of benzene rings is 1. The molecule has 0 spiro atoms. The highest BCUT2D eigenvalue weighted by molar-refractivity contribution is 5.90. The molecule has 0 amide bonds. The Bertz CT molecular complexity index is 400. The number of hydrogen-bond acceptors (Lipinski definition) is 4. The van der Waals surface area contributed by atoms with Crippen molar-refractivity contribution in [3.8, 4) is 0 Å². The molecule has 1 aromatic carbocycles. The van der Waals surface area contributed by atoms with Gasteiger partial charge >= 0.3 is 5.97 Å². The zero-order valence-electron chi connectivity index (χ0n) is 8.77. The van der Waals surface area contributed by atoms with Crippen LogP contribution in [0.4, 0.5) is 11.4 Å². The van der Waals surface area contributed by atoms with Gasteiger partial charge in [0.1, 0.15) is 0 Å². The van der Waals surface area contributed by atoms with Crippen LogP contribution in [0, 0.1) is 0 Å². The molecule has 0 bridgehead atoms. The van der Waals surface area contributed by atoms with Crippen LogP contribution in [0.5, 0.6) is 0 Å². The Morgan fingerprint density at radius 1 is 1.56 bits per heavy atom. The predicted molar refractivity (Wildman–Crippen MR) is 60.7 cm³/mol. The second kappa shape index (κ2) is 4.40. The van der Waals surface area contributed by atoms with Crippen molar-refractivity contribution in [3.05, 3.63) is 23.8 Å². The molecule has 5 heteroatoms. The third-order valence-corrected chi connectivity index (χ3v) is 2.59. The number of nitrogens with two attached hydrogens (primary N) is 1. The van der Waals surface area contributed by atoms with E-state index in [2.05, 4.69) is 5.32 Å². The number of nitrogen functional groups attached to an aromatic ring is 1. The van der Waals surface area contributed by atoms with E-state index in [0.29, 0.717) is 18.0 Å².